The number of aromatic nitrogens is 2. The topological polar surface area (TPSA) is 95.2 Å². The molecule has 7 heteroatoms. The van der Waals surface area contributed by atoms with Crippen LogP contribution < -0.4 is 5.56 Å². The number of rotatable bonds is 4. The van der Waals surface area contributed by atoms with Gasteiger partial charge in [0.05, 0.1) is 11.5 Å². The molecular formula is C18H19FN2O4. The van der Waals surface area contributed by atoms with Gasteiger partial charge in [0.2, 0.25) is 0 Å². The molecule has 1 aliphatic rings. The molecule has 1 aliphatic carbocycles. The number of hydrogen-bond acceptors (Lipinski definition) is 4. The lowest BCUT2D eigenvalue weighted by Gasteiger charge is -2.40. The minimum atomic E-state index is -1.48. The van der Waals surface area contributed by atoms with E-state index in [2.05, 4.69) is 16.8 Å². The number of ether oxygens (including phenoxy) is 1. The molecule has 0 aliphatic heterocycles. The van der Waals surface area contributed by atoms with E-state index in [1.807, 2.05) is 0 Å². The van der Waals surface area contributed by atoms with Crippen LogP contribution in [-0.4, -0.2) is 33.5 Å². The zero-order chi connectivity index (χ0) is 18.2. The van der Waals surface area contributed by atoms with Gasteiger partial charge >= 0.3 is 5.97 Å². The third kappa shape index (κ3) is 3.02. The number of aliphatic hydroxyl groups is 1. The van der Waals surface area contributed by atoms with Crippen LogP contribution in [0.15, 0.2) is 41.7 Å². The van der Waals surface area contributed by atoms with Gasteiger partial charge in [-0.25, -0.2) is 4.39 Å². The van der Waals surface area contributed by atoms with Crippen LogP contribution >= 0.6 is 0 Å². The maximum absolute atomic E-state index is 13.8. The van der Waals surface area contributed by atoms with Crippen LogP contribution in [0.4, 0.5) is 4.39 Å². The Morgan fingerprint density at radius 2 is 2.28 bits per heavy atom. The van der Waals surface area contributed by atoms with E-state index >= 15 is 0 Å². The molecule has 1 aromatic heterocycles. The summed E-state index contributed by atoms with van der Waals surface area (Å²) < 4.78 is 18.9. The van der Waals surface area contributed by atoms with Gasteiger partial charge in [-0.1, -0.05) is 24.8 Å². The number of H-pyrrole nitrogens is 2. The highest BCUT2D eigenvalue weighted by Gasteiger charge is 2.51. The Hall–Kier alpha value is -2.67. The van der Waals surface area contributed by atoms with Gasteiger partial charge in [-0.2, -0.15) is 0 Å². The standard InChI is InChI=1S/C18H19FN2O4/c1-3-7-25-17(23)15-13(10-5-4-6-11(19)8-10)14-12(9-18(15,2)24)20-21-16(14)22/h3-6,8,13,15,24H,1,7,9H2,2H3,(H2,20,21,22)/t13-,15-,18+/m1/s1. The van der Waals surface area contributed by atoms with Gasteiger partial charge < -0.3 is 14.9 Å². The predicted molar refractivity (Wildman–Crippen MR) is 88.6 cm³/mol. The monoisotopic (exact) mass is 346 g/mol. The first-order chi connectivity index (χ1) is 11.8. The van der Waals surface area contributed by atoms with E-state index < -0.39 is 34.8 Å². The van der Waals surface area contributed by atoms with E-state index in [1.165, 1.54) is 31.2 Å². The molecule has 0 radical (unpaired) electrons. The molecule has 0 unspecified atom stereocenters. The lowest BCUT2D eigenvalue weighted by atomic mass is 9.66. The fraction of sp³-hybridized carbons (Fsp3) is 0.333. The van der Waals surface area contributed by atoms with Gasteiger partial charge in [-0.05, 0) is 24.6 Å². The Balaban J connectivity index is 2.18. The molecule has 25 heavy (non-hydrogen) atoms. The molecule has 3 atom stereocenters. The number of benzene rings is 1. The second kappa shape index (κ2) is 6.33. The van der Waals surface area contributed by atoms with Gasteiger partial charge in [0, 0.05) is 23.6 Å². The second-order valence-electron chi connectivity index (χ2n) is 6.43. The molecule has 3 rings (SSSR count). The minimum Gasteiger partial charge on any atom is -0.461 e. The van der Waals surface area contributed by atoms with Crippen molar-refractivity contribution >= 4 is 5.97 Å². The van der Waals surface area contributed by atoms with Crippen molar-refractivity contribution in [3.05, 3.63) is 69.9 Å². The van der Waals surface area contributed by atoms with Gasteiger partial charge in [-0.15, -0.1) is 0 Å². The Kier molecular flexibility index (Phi) is 4.34. The lowest BCUT2D eigenvalue weighted by molar-refractivity contribution is -0.158. The summed E-state index contributed by atoms with van der Waals surface area (Å²) in [6, 6.07) is 5.66. The maximum atomic E-state index is 13.8. The number of carbonyl (C=O) groups excluding carboxylic acids is 1. The molecule has 0 amide bonds. The number of fused-ring (bicyclic) bond motifs is 1. The van der Waals surface area contributed by atoms with Crippen molar-refractivity contribution in [3.8, 4) is 0 Å². The Bertz CT molecular complexity index is 868. The van der Waals surface area contributed by atoms with E-state index in [0.29, 0.717) is 16.8 Å². The summed E-state index contributed by atoms with van der Waals surface area (Å²) in [6.45, 7) is 4.99. The number of carbonyl (C=O) groups is 1. The first kappa shape index (κ1) is 17.2. The van der Waals surface area contributed by atoms with Gasteiger partial charge in [0.25, 0.3) is 5.56 Å². The Morgan fingerprint density at radius 3 is 2.96 bits per heavy atom. The molecule has 0 saturated carbocycles. The quantitative estimate of drug-likeness (QED) is 0.579. The third-order valence-corrected chi connectivity index (χ3v) is 4.55. The third-order valence-electron chi connectivity index (χ3n) is 4.55. The van der Waals surface area contributed by atoms with E-state index in [4.69, 9.17) is 4.74 Å². The summed E-state index contributed by atoms with van der Waals surface area (Å²) in [5.41, 5.74) is -0.643. The van der Waals surface area contributed by atoms with Crippen LogP contribution in [0, 0.1) is 11.7 Å². The molecule has 0 spiro atoms. The molecular weight excluding hydrogens is 327 g/mol. The zero-order valence-electron chi connectivity index (χ0n) is 13.7. The summed E-state index contributed by atoms with van der Waals surface area (Å²) in [5, 5.41) is 16.1. The number of esters is 1. The van der Waals surface area contributed by atoms with Gasteiger partial charge in [-0.3, -0.25) is 14.7 Å². The SMILES string of the molecule is C=CCOC(=O)[C@H]1[C@H](c2cccc(F)c2)c2c([nH][nH]c2=O)C[C@]1(C)O. The molecule has 132 valence electrons. The van der Waals surface area contributed by atoms with E-state index in [1.54, 1.807) is 6.07 Å². The van der Waals surface area contributed by atoms with Crippen LogP contribution in [0.25, 0.3) is 0 Å². The largest absolute Gasteiger partial charge is 0.461 e. The van der Waals surface area contributed by atoms with Gasteiger partial charge in [0.15, 0.2) is 0 Å². The zero-order valence-corrected chi connectivity index (χ0v) is 13.7. The molecule has 6 nitrogen and oxygen atoms in total. The van der Waals surface area contributed by atoms with Crippen molar-refractivity contribution in [3.63, 3.8) is 0 Å². The highest BCUT2D eigenvalue weighted by atomic mass is 19.1. The van der Waals surface area contributed by atoms with Crippen molar-refractivity contribution in [2.24, 2.45) is 5.92 Å². The first-order valence-electron chi connectivity index (χ1n) is 7.90. The van der Waals surface area contributed by atoms with Gasteiger partial charge in [0.1, 0.15) is 12.4 Å². The maximum Gasteiger partial charge on any atom is 0.313 e. The molecule has 0 bridgehead atoms. The van der Waals surface area contributed by atoms with Crippen LogP contribution in [0.3, 0.4) is 0 Å². The van der Waals surface area contributed by atoms with Crippen LogP contribution in [0.5, 0.6) is 0 Å². The number of nitrogens with one attached hydrogen (secondary N) is 2. The number of hydrogen-bond donors (Lipinski definition) is 3. The molecule has 0 fully saturated rings. The number of aromatic amines is 2. The van der Waals surface area contributed by atoms with Crippen LogP contribution in [0.1, 0.15) is 29.7 Å². The van der Waals surface area contributed by atoms with Crippen molar-refractivity contribution in [2.45, 2.75) is 24.9 Å². The summed E-state index contributed by atoms with van der Waals surface area (Å²) in [7, 11) is 0. The van der Waals surface area contributed by atoms with Crippen molar-refractivity contribution in [2.75, 3.05) is 6.61 Å². The fourth-order valence-electron chi connectivity index (χ4n) is 3.55. The molecule has 2 aromatic rings. The highest BCUT2D eigenvalue weighted by Crippen LogP contribution is 2.44. The summed E-state index contributed by atoms with van der Waals surface area (Å²) in [4.78, 5) is 24.9. The normalized spacial score (nSPS) is 25.2. The van der Waals surface area contributed by atoms with Crippen LogP contribution in [0.2, 0.25) is 0 Å². The van der Waals surface area contributed by atoms with Crippen molar-refractivity contribution in [1.82, 2.24) is 10.2 Å². The van der Waals surface area contributed by atoms with Crippen LogP contribution in [-0.2, 0) is 16.0 Å². The lowest BCUT2D eigenvalue weighted by Crippen LogP contribution is -2.50. The van der Waals surface area contributed by atoms with E-state index in [-0.39, 0.29) is 13.0 Å². The Morgan fingerprint density at radius 1 is 1.52 bits per heavy atom. The van der Waals surface area contributed by atoms with E-state index in [9.17, 15) is 19.1 Å². The average Bonchev–Trinajstić information content (AvgIpc) is 2.90. The summed E-state index contributed by atoms with van der Waals surface area (Å²) in [6.07, 6.45) is 1.49. The van der Waals surface area contributed by atoms with Crippen molar-refractivity contribution in [1.29, 1.82) is 0 Å². The van der Waals surface area contributed by atoms with E-state index in [0.717, 1.165) is 0 Å². The molecule has 0 saturated heterocycles. The smallest absolute Gasteiger partial charge is 0.313 e. The molecule has 1 aromatic carbocycles. The summed E-state index contributed by atoms with van der Waals surface area (Å²) in [5.74, 6) is -3.04. The molecule has 3 N–H and O–H groups in total. The minimum absolute atomic E-state index is 0.0162. The summed E-state index contributed by atoms with van der Waals surface area (Å²) >= 11 is 0. The number of halogens is 1. The highest BCUT2D eigenvalue weighted by molar-refractivity contribution is 5.77. The molecule has 1 heterocycles. The predicted octanol–water partition coefficient (Wildman–Crippen LogP) is 1.63. The average molecular weight is 346 g/mol. The fourth-order valence-corrected chi connectivity index (χ4v) is 3.55. The second-order valence-corrected chi connectivity index (χ2v) is 6.43. The van der Waals surface area contributed by atoms with Crippen molar-refractivity contribution < 1.29 is 19.0 Å². The first-order valence-corrected chi connectivity index (χ1v) is 7.90. The Labute approximate surface area is 143 Å².